The first-order valence-electron chi connectivity index (χ1n) is 7.65. The molecule has 3 rings (SSSR count). The van der Waals surface area contributed by atoms with Gasteiger partial charge in [0.1, 0.15) is 0 Å². The molecule has 0 aliphatic rings. The van der Waals surface area contributed by atoms with E-state index in [1.165, 1.54) is 5.56 Å². The average molecular weight is 329 g/mol. The first kappa shape index (κ1) is 15.6. The molecule has 0 amide bonds. The minimum atomic E-state index is -0.130. The van der Waals surface area contributed by atoms with Crippen molar-refractivity contribution in [2.75, 3.05) is 0 Å². The largest absolute Gasteiger partial charge is 0.343 e. The Morgan fingerprint density at radius 1 is 1.26 bits per heavy atom. The number of nitrogens with zero attached hydrogens (tertiary/aromatic N) is 4. The van der Waals surface area contributed by atoms with Crippen LogP contribution in [-0.2, 0) is 12.3 Å². The third-order valence-corrected chi connectivity index (χ3v) is 4.58. The van der Waals surface area contributed by atoms with Crippen LogP contribution in [0.2, 0.25) is 0 Å². The normalized spacial score (nSPS) is 11.0. The van der Waals surface area contributed by atoms with Crippen LogP contribution in [0.25, 0.3) is 5.69 Å². The third-order valence-electron chi connectivity index (χ3n) is 3.53. The van der Waals surface area contributed by atoms with E-state index in [0.717, 1.165) is 29.4 Å². The van der Waals surface area contributed by atoms with Gasteiger partial charge >= 0.3 is 5.69 Å². The fourth-order valence-corrected chi connectivity index (χ4v) is 3.17. The Hall–Kier alpha value is -2.28. The fraction of sp³-hybridized carbons (Fsp3) is 0.312. The number of hydrogen-bond acceptors (Lipinski definition) is 4. The maximum absolute atomic E-state index is 11.8. The van der Waals surface area contributed by atoms with Gasteiger partial charge in [0.2, 0.25) is 0 Å². The van der Waals surface area contributed by atoms with Gasteiger partial charge in [-0.25, -0.2) is 14.6 Å². The molecule has 1 N–H and O–H groups in total. The van der Waals surface area contributed by atoms with E-state index in [0.29, 0.717) is 6.54 Å². The molecule has 23 heavy (non-hydrogen) atoms. The number of aromatic amines is 1. The molecule has 2 heterocycles. The fourth-order valence-electron chi connectivity index (χ4n) is 2.24. The van der Waals surface area contributed by atoms with Crippen molar-refractivity contribution >= 4 is 11.8 Å². The number of rotatable bonds is 7. The van der Waals surface area contributed by atoms with Crippen LogP contribution in [0.15, 0.2) is 52.7 Å². The molecule has 0 saturated carbocycles. The predicted octanol–water partition coefficient (Wildman–Crippen LogP) is 2.85. The van der Waals surface area contributed by atoms with E-state index in [4.69, 9.17) is 0 Å². The van der Waals surface area contributed by atoms with Gasteiger partial charge in [0.25, 0.3) is 0 Å². The van der Waals surface area contributed by atoms with Crippen LogP contribution < -0.4 is 5.69 Å². The summed E-state index contributed by atoms with van der Waals surface area (Å²) < 4.78 is 3.54. The van der Waals surface area contributed by atoms with Gasteiger partial charge < -0.3 is 0 Å². The van der Waals surface area contributed by atoms with Crippen LogP contribution >= 0.6 is 11.8 Å². The van der Waals surface area contributed by atoms with E-state index < -0.39 is 0 Å². The van der Waals surface area contributed by atoms with E-state index in [1.54, 1.807) is 22.5 Å². The van der Waals surface area contributed by atoms with Crippen molar-refractivity contribution in [2.24, 2.45) is 0 Å². The summed E-state index contributed by atoms with van der Waals surface area (Å²) in [5, 5.41) is 11.6. The smallest absolute Gasteiger partial charge is 0.270 e. The third kappa shape index (κ3) is 3.73. The number of benzene rings is 1. The molecule has 0 bridgehead atoms. The summed E-state index contributed by atoms with van der Waals surface area (Å²) in [6, 6.07) is 10.1. The zero-order valence-electron chi connectivity index (χ0n) is 13.0. The topological polar surface area (TPSA) is 68.5 Å². The molecule has 7 heteroatoms. The second-order valence-corrected chi connectivity index (χ2v) is 6.16. The monoisotopic (exact) mass is 329 g/mol. The zero-order chi connectivity index (χ0) is 16.1. The molecule has 0 saturated heterocycles. The lowest BCUT2D eigenvalue weighted by Crippen LogP contribution is -2.17. The minimum Gasteiger partial charge on any atom is -0.270 e. The summed E-state index contributed by atoms with van der Waals surface area (Å²) in [4.78, 5) is 11.8. The molecule has 6 nitrogen and oxygen atoms in total. The van der Waals surface area contributed by atoms with Crippen molar-refractivity contribution in [1.29, 1.82) is 0 Å². The molecule has 0 aliphatic carbocycles. The first-order valence-corrected chi connectivity index (χ1v) is 8.63. The molecule has 3 aromatic rings. The second kappa shape index (κ2) is 7.32. The van der Waals surface area contributed by atoms with Crippen molar-refractivity contribution in [1.82, 2.24) is 24.5 Å². The SMILES string of the molecule is CCCCn1c(SCc2ccc(-n3cccn3)cc2)n[nH]c1=O. The zero-order valence-corrected chi connectivity index (χ0v) is 13.8. The van der Waals surface area contributed by atoms with Gasteiger partial charge in [0.15, 0.2) is 5.16 Å². The van der Waals surface area contributed by atoms with Crippen LogP contribution in [0, 0.1) is 0 Å². The summed E-state index contributed by atoms with van der Waals surface area (Å²) in [5.41, 5.74) is 2.08. The first-order chi connectivity index (χ1) is 11.3. The van der Waals surface area contributed by atoms with Gasteiger partial charge in [-0.15, -0.1) is 5.10 Å². The molecule has 0 spiro atoms. The molecule has 0 radical (unpaired) electrons. The summed E-state index contributed by atoms with van der Waals surface area (Å²) in [6.45, 7) is 2.82. The predicted molar refractivity (Wildman–Crippen MR) is 90.9 cm³/mol. The minimum absolute atomic E-state index is 0.130. The van der Waals surface area contributed by atoms with Crippen molar-refractivity contribution in [2.45, 2.75) is 37.2 Å². The summed E-state index contributed by atoms with van der Waals surface area (Å²) in [6.07, 6.45) is 5.71. The van der Waals surface area contributed by atoms with Gasteiger partial charge in [-0.1, -0.05) is 37.2 Å². The van der Waals surface area contributed by atoms with Crippen LogP contribution in [0.1, 0.15) is 25.3 Å². The van der Waals surface area contributed by atoms with Gasteiger partial charge in [0.05, 0.1) is 5.69 Å². The molecule has 2 aromatic heterocycles. The van der Waals surface area contributed by atoms with Crippen molar-refractivity contribution < 1.29 is 0 Å². The quantitative estimate of drug-likeness (QED) is 0.677. The highest BCUT2D eigenvalue weighted by atomic mass is 32.2. The van der Waals surface area contributed by atoms with Crippen molar-refractivity contribution in [3.05, 3.63) is 58.8 Å². The molecule has 0 unspecified atom stereocenters. The highest BCUT2D eigenvalue weighted by Gasteiger charge is 2.08. The van der Waals surface area contributed by atoms with Crippen LogP contribution in [-0.4, -0.2) is 24.5 Å². The summed E-state index contributed by atoms with van der Waals surface area (Å²) >= 11 is 1.57. The van der Waals surface area contributed by atoms with Gasteiger partial charge in [0, 0.05) is 24.7 Å². The number of nitrogens with one attached hydrogen (secondary N) is 1. The Labute approximate surface area is 138 Å². The standard InChI is InChI=1S/C16H19N5OS/c1-2-3-10-20-15(22)18-19-16(20)23-12-13-5-7-14(8-6-13)21-11-4-9-17-21/h4-9,11H,2-3,10,12H2,1H3,(H,18,22). The molecule has 0 atom stereocenters. The lowest BCUT2D eigenvalue weighted by Gasteiger charge is -2.06. The number of unbranched alkanes of at least 4 members (excludes halogenated alkanes) is 1. The van der Waals surface area contributed by atoms with E-state index in [-0.39, 0.29) is 5.69 Å². The maximum Gasteiger partial charge on any atom is 0.343 e. The van der Waals surface area contributed by atoms with Crippen LogP contribution in [0.3, 0.4) is 0 Å². The molecule has 0 fully saturated rings. The van der Waals surface area contributed by atoms with Crippen LogP contribution in [0.5, 0.6) is 0 Å². The van der Waals surface area contributed by atoms with Gasteiger partial charge in [-0.3, -0.25) is 4.57 Å². The van der Waals surface area contributed by atoms with Gasteiger partial charge in [-0.2, -0.15) is 5.10 Å². The number of H-pyrrole nitrogens is 1. The van der Waals surface area contributed by atoms with E-state index in [9.17, 15) is 4.79 Å². The van der Waals surface area contributed by atoms with Crippen molar-refractivity contribution in [3.8, 4) is 5.69 Å². The molecule has 120 valence electrons. The summed E-state index contributed by atoms with van der Waals surface area (Å²) in [7, 11) is 0. The Bertz CT molecular complexity index is 789. The molecule has 0 aliphatic heterocycles. The van der Waals surface area contributed by atoms with E-state index >= 15 is 0 Å². The Kier molecular flexibility index (Phi) is 4.97. The number of thioether (sulfide) groups is 1. The highest BCUT2D eigenvalue weighted by molar-refractivity contribution is 7.98. The Morgan fingerprint density at radius 3 is 2.78 bits per heavy atom. The highest BCUT2D eigenvalue weighted by Crippen LogP contribution is 2.20. The molecular weight excluding hydrogens is 310 g/mol. The van der Waals surface area contributed by atoms with E-state index in [2.05, 4.69) is 34.4 Å². The number of hydrogen-bond donors (Lipinski definition) is 1. The Morgan fingerprint density at radius 2 is 2.09 bits per heavy atom. The second-order valence-electron chi connectivity index (χ2n) is 5.22. The lowest BCUT2D eigenvalue weighted by molar-refractivity contribution is 0.573. The lowest BCUT2D eigenvalue weighted by atomic mass is 10.2. The van der Waals surface area contributed by atoms with E-state index in [1.807, 2.05) is 29.1 Å². The summed E-state index contributed by atoms with van der Waals surface area (Å²) in [5.74, 6) is 0.774. The molecular formula is C16H19N5OS. The maximum atomic E-state index is 11.8. The number of aromatic nitrogens is 5. The van der Waals surface area contributed by atoms with Crippen molar-refractivity contribution in [3.63, 3.8) is 0 Å². The van der Waals surface area contributed by atoms with Crippen LogP contribution in [0.4, 0.5) is 0 Å². The Balaban J connectivity index is 1.66. The van der Waals surface area contributed by atoms with Gasteiger partial charge in [-0.05, 0) is 30.2 Å². The average Bonchev–Trinajstić information content (AvgIpc) is 3.22. The molecule has 1 aromatic carbocycles.